The average Bonchev–Trinajstić information content (AvgIpc) is 2.48. The van der Waals surface area contributed by atoms with Crippen molar-refractivity contribution in [2.45, 2.75) is 13.0 Å². The molecule has 1 aromatic rings. The Bertz CT molecular complexity index is 509. The number of carbonyl (C=O) groups excluding carboxylic acids is 1. The average molecular weight is 304 g/mol. The van der Waals surface area contributed by atoms with E-state index in [0.717, 1.165) is 14.3 Å². The smallest absolute Gasteiger partial charge is 0.238 e. The molecule has 0 N–H and O–H groups in total. The zero-order chi connectivity index (χ0) is 11.8. The van der Waals surface area contributed by atoms with Crippen LogP contribution in [0.1, 0.15) is 12.0 Å². The van der Waals surface area contributed by atoms with Gasteiger partial charge in [0.1, 0.15) is 0 Å². The van der Waals surface area contributed by atoms with Gasteiger partial charge in [-0.3, -0.25) is 4.79 Å². The second-order valence-electron chi connectivity index (χ2n) is 3.59. The molecule has 86 valence electrons. The molecular weight excluding hydrogens is 294 g/mol. The summed E-state index contributed by atoms with van der Waals surface area (Å²) in [7, 11) is -3.37. The van der Waals surface area contributed by atoms with Gasteiger partial charge in [0.05, 0.1) is 12.3 Å². The van der Waals surface area contributed by atoms with Crippen molar-refractivity contribution in [3.8, 4) is 0 Å². The van der Waals surface area contributed by atoms with Gasteiger partial charge in [-0.25, -0.2) is 12.7 Å². The van der Waals surface area contributed by atoms with Crippen molar-refractivity contribution in [2.75, 3.05) is 5.75 Å². The molecule has 6 heteroatoms. The van der Waals surface area contributed by atoms with Crippen LogP contribution >= 0.6 is 15.9 Å². The second-order valence-corrected chi connectivity index (χ2v) is 6.52. The van der Waals surface area contributed by atoms with E-state index < -0.39 is 10.0 Å². The van der Waals surface area contributed by atoms with E-state index in [2.05, 4.69) is 15.9 Å². The van der Waals surface area contributed by atoms with Gasteiger partial charge in [0.2, 0.25) is 15.9 Å². The first-order chi connectivity index (χ1) is 7.49. The predicted octanol–water partition coefficient (Wildman–Crippen LogP) is 1.51. The van der Waals surface area contributed by atoms with Crippen LogP contribution in [0.15, 0.2) is 28.7 Å². The Labute approximate surface area is 102 Å². The third-order valence-electron chi connectivity index (χ3n) is 2.43. The van der Waals surface area contributed by atoms with E-state index in [9.17, 15) is 13.2 Å². The molecule has 0 radical (unpaired) electrons. The van der Waals surface area contributed by atoms with Crippen molar-refractivity contribution < 1.29 is 13.2 Å². The lowest BCUT2D eigenvalue weighted by molar-refractivity contribution is -0.125. The normalized spacial score (nSPS) is 19.1. The van der Waals surface area contributed by atoms with Crippen molar-refractivity contribution in [3.63, 3.8) is 0 Å². The molecule has 2 rings (SSSR count). The Kier molecular flexibility index (Phi) is 3.03. The minimum absolute atomic E-state index is 0.0671. The van der Waals surface area contributed by atoms with Crippen LogP contribution < -0.4 is 0 Å². The molecule has 1 aliphatic rings. The summed E-state index contributed by atoms with van der Waals surface area (Å²) in [6, 6.07) is 7.24. The zero-order valence-corrected chi connectivity index (χ0v) is 10.8. The van der Waals surface area contributed by atoms with E-state index in [-0.39, 0.29) is 24.6 Å². The molecule has 1 amide bonds. The van der Waals surface area contributed by atoms with Crippen LogP contribution in [0.25, 0.3) is 0 Å². The molecule has 4 nitrogen and oxygen atoms in total. The van der Waals surface area contributed by atoms with Crippen LogP contribution in [0, 0.1) is 0 Å². The minimum atomic E-state index is -3.37. The number of rotatable bonds is 2. The fourth-order valence-electron chi connectivity index (χ4n) is 1.55. The van der Waals surface area contributed by atoms with Crippen molar-refractivity contribution in [1.82, 2.24) is 4.31 Å². The highest BCUT2D eigenvalue weighted by Crippen LogP contribution is 2.19. The Balaban J connectivity index is 2.21. The maximum Gasteiger partial charge on any atom is 0.238 e. The molecule has 0 aliphatic carbocycles. The number of amides is 1. The van der Waals surface area contributed by atoms with Crippen LogP contribution in [-0.2, 0) is 21.4 Å². The number of hydrogen-bond acceptors (Lipinski definition) is 3. The standard InChI is InChI=1S/C10H10BrNO3S/c11-9-3-1-8(2-4-9)7-12-10(13)5-6-16(12,14)15/h1-4H,5-7H2. The predicted molar refractivity (Wildman–Crippen MR) is 63.1 cm³/mol. The molecule has 1 saturated heterocycles. The molecule has 0 aromatic heterocycles. The van der Waals surface area contributed by atoms with E-state index in [1.807, 2.05) is 12.1 Å². The SMILES string of the molecule is O=C1CCS(=O)(=O)N1Cc1ccc(Br)cc1. The summed E-state index contributed by atoms with van der Waals surface area (Å²) in [5.74, 6) is -0.384. The molecule has 1 aromatic carbocycles. The molecule has 1 aliphatic heterocycles. The Hall–Kier alpha value is -0.880. The quantitative estimate of drug-likeness (QED) is 0.832. The van der Waals surface area contributed by atoms with Gasteiger partial charge in [0, 0.05) is 10.9 Å². The van der Waals surface area contributed by atoms with Gasteiger partial charge >= 0.3 is 0 Å². The summed E-state index contributed by atoms with van der Waals surface area (Å²) in [6.07, 6.45) is 0.0961. The van der Waals surface area contributed by atoms with Crippen LogP contribution in [-0.4, -0.2) is 24.4 Å². The molecule has 1 fully saturated rings. The van der Waals surface area contributed by atoms with E-state index in [4.69, 9.17) is 0 Å². The van der Waals surface area contributed by atoms with E-state index in [1.54, 1.807) is 12.1 Å². The molecule has 1 heterocycles. The van der Waals surface area contributed by atoms with Crippen molar-refractivity contribution in [1.29, 1.82) is 0 Å². The van der Waals surface area contributed by atoms with Crippen LogP contribution in [0.2, 0.25) is 0 Å². The Morgan fingerprint density at radius 1 is 1.25 bits per heavy atom. The lowest BCUT2D eigenvalue weighted by atomic mass is 10.2. The third kappa shape index (κ3) is 2.27. The highest BCUT2D eigenvalue weighted by molar-refractivity contribution is 9.10. The number of benzene rings is 1. The molecule has 0 saturated carbocycles. The van der Waals surface area contributed by atoms with Gasteiger partial charge in [-0.05, 0) is 17.7 Å². The van der Waals surface area contributed by atoms with Crippen molar-refractivity contribution >= 4 is 31.9 Å². The van der Waals surface area contributed by atoms with Crippen LogP contribution in [0.4, 0.5) is 0 Å². The summed E-state index contributed by atoms with van der Waals surface area (Å²) in [4.78, 5) is 11.4. The molecule has 16 heavy (non-hydrogen) atoms. The molecule has 0 unspecified atom stereocenters. The number of halogens is 1. The van der Waals surface area contributed by atoms with E-state index >= 15 is 0 Å². The molecule has 0 bridgehead atoms. The number of sulfonamides is 1. The lowest BCUT2D eigenvalue weighted by Crippen LogP contribution is -2.28. The van der Waals surface area contributed by atoms with Gasteiger partial charge in [-0.1, -0.05) is 28.1 Å². The van der Waals surface area contributed by atoms with E-state index in [0.29, 0.717) is 0 Å². The van der Waals surface area contributed by atoms with Crippen molar-refractivity contribution in [2.24, 2.45) is 0 Å². The summed E-state index contributed by atoms with van der Waals surface area (Å²) in [5.41, 5.74) is 0.807. The third-order valence-corrected chi connectivity index (χ3v) is 4.68. The monoisotopic (exact) mass is 303 g/mol. The van der Waals surface area contributed by atoms with Gasteiger partial charge in [-0.15, -0.1) is 0 Å². The van der Waals surface area contributed by atoms with Crippen LogP contribution in [0.5, 0.6) is 0 Å². The summed E-state index contributed by atoms with van der Waals surface area (Å²) >= 11 is 3.29. The zero-order valence-electron chi connectivity index (χ0n) is 8.39. The highest BCUT2D eigenvalue weighted by Gasteiger charge is 2.34. The van der Waals surface area contributed by atoms with E-state index in [1.165, 1.54) is 0 Å². The number of carbonyl (C=O) groups is 1. The summed E-state index contributed by atoms with van der Waals surface area (Å²) in [5, 5.41) is 0. The van der Waals surface area contributed by atoms with Crippen LogP contribution in [0.3, 0.4) is 0 Å². The second kappa shape index (κ2) is 4.18. The fraction of sp³-hybridized carbons (Fsp3) is 0.300. The molecule has 0 atom stereocenters. The number of nitrogens with zero attached hydrogens (tertiary/aromatic N) is 1. The molecule has 0 spiro atoms. The summed E-state index contributed by atoms with van der Waals surface area (Å²) in [6.45, 7) is 0.133. The van der Waals surface area contributed by atoms with Gasteiger partial charge in [-0.2, -0.15) is 0 Å². The maximum atomic E-state index is 11.5. The highest BCUT2D eigenvalue weighted by atomic mass is 79.9. The van der Waals surface area contributed by atoms with Crippen molar-refractivity contribution in [3.05, 3.63) is 34.3 Å². The molecular formula is C10H10BrNO3S. The first kappa shape index (κ1) is 11.6. The summed E-state index contributed by atoms with van der Waals surface area (Å²) < 4.78 is 25.0. The maximum absolute atomic E-state index is 11.5. The van der Waals surface area contributed by atoms with Gasteiger partial charge in [0.25, 0.3) is 0 Å². The largest absolute Gasteiger partial charge is 0.274 e. The lowest BCUT2D eigenvalue weighted by Gasteiger charge is -2.14. The topological polar surface area (TPSA) is 54.5 Å². The number of hydrogen-bond donors (Lipinski definition) is 0. The Morgan fingerprint density at radius 2 is 1.88 bits per heavy atom. The Morgan fingerprint density at radius 3 is 2.38 bits per heavy atom. The first-order valence-electron chi connectivity index (χ1n) is 4.77. The first-order valence-corrected chi connectivity index (χ1v) is 7.17. The van der Waals surface area contributed by atoms with Gasteiger partial charge < -0.3 is 0 Å². The minimum Gasteiger partial charge on any atom is -0.274 e. The fourth-order valence-corrected chi connectivity index (χ4v) is 3.21. The van der Waals surface area contributed by atoms with Gasteiger partial charge in [0.15, 0.2) is 0 Å².